The molecule has 0 spiro atoms. The molecule has 134 valence electrons. The van der Waals surface area contributed by atoms with Crippen LogP contribution in [0.5, 0.6) is 17.2 Å². The molecule has 0 amide bonds. The van der Waals surface area contributed by atoms with Crippen molar-refractivity contribution in [1.82, 2.24) is 10.2 Å². The quantitative estimate of drug-likeness (QED) is 0.612. The van der Waals surface area contributed by atoms with E-state index in [1.807, 2.05) is 12.1 Å². The molecule has 1 aliphatic rings. The zero-order valence-electron chi connectivity index (χ0n) is 15.2. The van der Waals surface area contributed by atoms with Gasteiger partial charge in [0.2, 0.25) is 0 Å². The van der Waals surface area contributed by atoms with Crippen LogP contribution in [0.4, 0.5) is 0 Å². The van der Waals surface area contributed by atoms with Crippen molar-refractivity contribution in [3.05, 3.63) is 17.7 Å². The summed E-state index contributed by atoms with van der Waals surface area (Å²) in [4.78, 5) is 7.10. The topological polar surface area (TPSA) is 55.3 Å². The Labute approximate surface area is 144 Å². The predicted octanol–water partition coefficient (Wildman–Crippen LogP) is 2.32. The van der Waals surface area contributed by atoms with E-state index in [0.717, 1.165) is 54.8 Å². The molecule has 0 unspecified atom stereocenters. The Hall–Kier alpha value is -2.11. The maximum atomic E-state index is 5.50. The van der Waals surface area contributed by atoms with E-state index in [4.69, 9.17) is 19.2 Å². The molecule has 24 heavy (non-hydrogen) atoms. The van der Waals surface area contributed by atoms with Crippen LogP contribution in [0.1, 0.15) is 25.3 Å². The fraction of sp³-hybridized carbons (Fsp3) is 0.611. The number of nitrogens with zero attached hydrogens (tertiary/aromatic N) is 2. The van der Waals surface area contributed by atoms with Crippen molar-refractivity contribution in [3.8, 4) is 17.2 Å². The number of hydrogen-bond donors (Lipinski definition) is 1. The normalized spacial score (nSPS) is 14.7. The van der Waals surface area contributed by atoms with E-state index in [2.05, 4.69) is 17.1 Å². The summed E-state index contributed by atoms with van der Waals surface area (Å²) in [6, 6.07) is 3.76. The highest BCUT2D eigenvalue weighted by molar-refractivity contribution is 5.80. The van der Waals surface area contributed by atoms with Gasteiger partial charge in [0.15, 0.2) is 5.96 Å². The number of nitrogens with one attached hydrogen (secondary N) is 1. The second-order valence-electron chi connectivity index (χ2n) is 5.69. The minimum Gasteiger partial charge on any atom is -0.496 e. The Kier molecular flexibility index (Phi) is 7.03. The lowest BCUT2D eigenvalue weighted by atomic mass is 10.1. The number of hydrogen-bond acceptors (Lipinski definition) is 4. The molecule has 0 aliphatic carbocycles. The second kappa shape index (κ2) is 9.25. The average Bonchev–Trinajstić information content (AvgIpc) is 3.15. The lowest BCUT2D eigenvalue weighted by Crippen LogP contribution is -2.39. The standard InChI is InChI=1S/C18H29N3O3/c1-5-19-18(21-10-6-7-11-21)20-9-8-15-16(23-3)12-14(22-2)13-17(15)24-4/h12-13H,5-11H2,1-4H3,(H,19,20). The van der Waals surface area contributed by atoms with E-state index >= 15 is 0 Å². The first kappa shape index (κ1) is 18.2. The number of benzene rings is 1. The molecule has 1 heterocycles. The van der Waals surface area contributed by atoms with Crippen molar-refractivity contribution >= 4 is 5.96 Å². The maximum absolute atomic E-state index is 5.50. The van der Waals surface area contributed by atoms with Crippen molar-refractivity contribution in [2.45, 2.75) is 26.2 Å². The van der Waals surface area contributed by atoms with E-state index < -0.39 is 0 Å². The lowest BCUT2D eigenvalue weighted by Gasteiger charge is -2.21. The zero-order valence-corrected chi connectivity index (χ0v) is 15.2. The third-order valence-corrected chi connectivity index (χ3v) is 4.18. The summed E-state index contributed by atoms with van der Waals surface area (Å²) < 4.78 is 16.3. The Morgan fingerprint density at radius 2 is 1.71 bits per heavy atom. The molecule has 1 saturated heterocycles. The molecule has 1 aliphatic heterocycles. The summed E-state index contributed by atoms with van der Waals surface area (Å²) in [6.07, 6.45) is 3.23. The molecule has 1 aromatic rings. The molecule has 0 saturated carbocycles. The SMILES string of the molecule is CCNC(=NCCc1c(OC)cc(OC)cc1OC)N1CCCC1. The minimum atomic E-state index is 0.678. The fourth-order valence-electron chi connectivity index (χ4n) is 2.95. The molecule has 0 atom stereocenters. The Balaban J connectivity index is 2.13. The Morgan fingerprint density at radius 1 is 1.08 bits per heavy atom. The number of aliphatic imine (C=N–C) groups is 1. The van der Waals surface area contributed by atoms with Gasteiger partial charge in [-0.1, -0.05) is 0 Å². The first-order chi connectivity index (χ1) is 11.7. The third kappa shape index (κ3) is 4.46. The lowest BCUT2D eigenvalue weighted by molar-refractivity contribution is 0.369. The first-order valence-corrected chi connectivity index (χ1v) is 8.55. The molecule has 2 rings (SSSR count). The van der Waals surface area contributed by atoms with Gasteiger partial charge >= 0.3 is 0 Å². The van der Waals surface area contributed by atoms with Crippen molar-refractivity contribution in [2.75, 3.05) is 47.5 Å². The smallest absolute Gasteiger partial charge is 0.193 e. The van der Waals surface area contributed by atoms with Crippen LogP contribution in [0, 0.1) is 0 Å². The van der Waals surface area contributed by atoms with Gasteiger partial charge in [0.25, 0.3) is 0 Å². The van der Waals surface area contributed by atoms with Crippen molar-refractivity contribution in [1.29, 1.82) is 0 Å². The summed E-state index contributed by atoms with van der Waals surface area (Å²) >= 11 is 0. The monoisotopic (exact) mass is 335 g/mol. The summed E-state index contributed by atoms with van der Waals surface area (Å²) in [7, 11) is 4.96. The van der Waals surface area contributed by atoms with Crippen LogP contribution in [-0.4, -0.2) is 58.4 Å². The fourth-order valence-corrected chi connectivity index (χ4v) is 2.95. The van der Waals surface area contributed by atoms with E-state index in [9.17, 15) is 0 Å². The maximum Gasteiger partial charge on any atom is 0.193 e. The summed E-state index contributed by atoms with van der Waals surface area (Å²) in [6.45, 7) is 5.82. The van der Waals surface area contributed by atoms with Gasteiger partial charge < -0.3 is 24.4 Å². The summed E-state index contributed by atoms with van der Waals surface area (Å²) in [5, 5.41) is 3.38. The molecule has 1 aromatic carbocycles. The first-order valence-electron chi connectivity index (χ1n) is 8.55. The molecule has 0 aromatic heterocycles. The molecule has 0 bridgehead atoms. The highest BCUT2D eigenvalue weighted by atomic mass is 16.5. The highest BCUT2D eigenvalue weighted by Gasteiger charge is 2.16. The van der Waals surface area contributed by atoms with E-state index in [-0.39, 0.29) is 0 Å². The predicted molar refractivity (Wildman–Crippen MR) is 96.6 cm³/mol. The van der Waals surface area contributed by atoms with E-state index in [1.165, 1.54) is 12.8 Å². The van der Waals surface area contributed by atoms with Crippen molar-refractivity contribution in [2.24, 2.45) is 4.99 Å². The molecular formula is C18H29N3O3. The Morgan fingerprint density at radius 3 is 2.21 bits per heavy atom. The second-order valence-corrected chi connectivity index (χ2v) is 5.69. The molecule has 6 nitrogen and oxygen atoms in total. The van der Waals surface area contributed by atoms with Gasteiger partial charge in [0.05, 0.1) is 21.3 Å². The van der Waals surface area contributed by atoms with Gasteiger partial charge in [0, 0.05) is 43.9 Å². The van der Waals surface area contributed by atoms with Crippen LogP contribution in [0.15, 0.2) is 17.1 Å². The van der Waals surface area contributed by atoms with Gasteiger partial charge in [-0.3, -0.25) is 4.99 Å². The largest absolute Gasteiger partial charge is 0.496 e. The molecule has 1 fully saturated rings. The molecule has 0 radical (unpaired) electrons. The molecular weight excluding hydrogens is 306 g/mol. The third-order valence-electron chi connectivity index (χ3n) is 4.18. The number of ether oxygens (including phenoxy) is 3. The summed E-state index contributed by atoms with van der Waals surface area (Å²) in [5.74, 6) is 3.27. The number of rotatable bonds is 7. The van der Waals surface area contributed by atoms with Gasteiger partial charge in [-0.2, -0.15) is 0 Å². The van der Waals surface area contributed by atoms with Crippen LogP contribution >= 0.6 is 0 Å². The van der Waals surface area contributed by atoms with Crippen LogP contribution in [0.3, 0.4) is 0 Å². The average molecular weight is 335 g/mol. The molecule has 1 N–H and O–H groups in total. The summed E-state index contributed by atoms with van der Waals surface area (Å²) in [5.41, 5.74) is 1.02. The van der Waals surface area contributed by atoms with Crippen molar-refractivity contribution < 1.29 is 14.2 Å². The minimum absolute atomic E-state index is 0.678. The number of methoxy groups -OCH3 is 3. The Bertz CT molecular complexity index is 529. The van der Waals surface area contributed by atoms with Crippen molar-refractivity contribution in [3.63, 3.8) is 0 Å². The van der Waals surface area contributed by atoms with Gasteiger partial charge in [-0.15, -0.1) is 0 Å². The molecule has 6 heteroatoms. The van der Waals surface area contributed by atoms with Gasteiger partial charge in [0.1, 0.15) is 17.2 Å². The van der Waals surface area contributed by atoms with E-state index in [1.54, 1.807) is 21.3 Å². The van der Waals surface area contributed by atoms with Crippen LogP contribution in [0.2, 0.25) is 0 Å². The van der Waals surface area contributed by atoms with Crippen LogP contribution in [-0.2, 0) is 6.42 Å². The zero-order chi connectivity index (χ0) is 17.4. The van der Waals surface area contributed by atoms with Gasteiger partial charge in [-0.25, -0.2) is 0 Å². The number of likely N-dealkylation sites (tertiary alicyclic amines) is 1. The highest BCUT2D eigenvalue weighted by Crippen LogP contribution is 2.34. The van der Waals surface area contributed by atoms with E-state index in [0.29, 0.717) is 6.54 Å². The van der Waals surface area contributed by atoms with Gasteiger partial charge in [-0.05, 0) is 26.2 Å². The van der Waals surface area contributed by atoms with Crippen LogP contribution < -0.4 is 19.5 Å². The number of guanidine groups is 1. The van der Waals surface area contributed by atoms with Crippen LogP contribution in [0.25, 0.3) is 0 Å².